The zero-order chi connectivity index (χ0) is 26.7. The van der Waals surface area contributed by atoms with Crippen molar-refractivity contribution in [2.45, 2.75) is 45.3 Å². The van der Waals surface area contributed by atoms with Gasteiger partial charge in [-0.3, -0.25) is 19.3 Å². The second-order valence-corrected chi connectivity index (χ2v) is 10.7. The van der Waals surface area contributed by atoms with Crippen LogP contribution in [0.3, 0.4) is 0 Å². The summed E-state index contributed by atoms with van der Waals surface area (Å²) in [7, 11) is 2.01. The summed E-state index contributed by atoms with van der Waals surface area (Å²) in [5, 5.41) is 3.49. The predicted molar refractivity (Wildman–Crippen MR) is 146 cm³/mol. The first-order chi connectivity index (χ1) is 19.0. The minimum absolute atomic E-state index is 0.200. The summed E-state index contributed by atoms with van der Waals surface area (Å²) in [5.41, 5.74) is 8.04. The van der Waals surface area contributed by atoms with Crippen LogP contribution in [0.25, 0.3) is 22.3 Å². The molecule has 196 valence electrons. The minimum Gasteiger partial charge on any atom is -0.336 e. The van der Waals surface area contributed by atoms with Gasteiger partial charge in [0.2, 0.25) is 11.8 Å². The molecular formula is C31H29N5O3. The summed E-state index contributed by atoms with van der Waals surface area (Å²) in [4.78, 5) is 45.6. The Morgan fingerprint density at radius 2 is 1.64 bits per heavy atom. The van der Waals surface area contributed by atoms with Crippen molar-refractivity contribution in [1.29, 1.82) is 0 Å². The van der Waals surface area contributed by atoms with Gasteiger partial charge in [0.15, 0.2) is 0 Å². The molecule has 5 heterocycles. The summed E-state index contributed by atoms with van der Waals surface area (Å²) in [6.07, 6.45) is 4.19. The van der Waals surface area contributed by atoms with E-state index in [2.05, 4.69) is 41.3 Å². The Balaban J connectivity index is 1.21. The number of benzene rings is 2. The Kier molecular flexibility index (Phi) is 5.59. The van der Waals surface area contributed by atoms with Gasteiger partial charge < -0.3 is 4.57 Å². The van der Waals surface area contributed by atoms with Gasteiger partial charge in [0.05, 0.1) is 12.2 Å². The molecule has 0 unspecified atom stereocenters. The standard InChI is InChI=1S/C31H29N5O3/c1-33-13-12-25-24(18-34-14-11-20-5-2-3-6-22(20)17-34)16-27(32-30(25)33)21-9-10-26-23(15-21)19-35(31(26)39)36-28(37)7-4-8-29(36)38/h2-3,5-6,9-10,12-13,15-16H,4,7-8,11,14,17-19H2,1H3. The molecule has 8 heteroatoms. The normalized spacial score (nSPS) is 17.7. The topological polar surface area (TPSA) is 78.8 Å². The van der Waals surface area contributed by atoms with Gasteiger partial charge in [-0.05, 0) is 59.4 Å². The molecule has 0 N–H and O–H groups in total. The van der Waals surface area contributed by atoms with Gasteiger partial charge in [0.1, 0.15) is 5.65 Å². The number of hydrazine groups is 1. The van der Waals surface area contributed by atoms with Crippen molar-refractivity contribution in [3.63, 3.8) is 0 Å². The fraction of sp³-hybridized carbons (Fsp3) is 0.290. The third kappa shape index (κ3) is 4.03. The van der Waals surface area contributed by atoms with Crippen LogP contribution < -0.4 is 0 Å². The first-order valence-electron chi connectivity index (χ1n) is 13.5. The quantitative estimate of drug-likeness (QED) is 0.378. The number of aromatic nitrogens is 2. The lowest BCUT2D eigenvalue weighted by molar-refractivity contribution is -0.163. The summed E-state index contributed by atoms with van der Waals surface area (Å²) in [5.74, 6) is -0.932. The van der Waals surface area contributed by atoms with Crippen LogP contribution in [0.4, 0.5) is 0 Å². The van der Waals surface area contributed by atoms with Crippen LogP contribution in [0, 0.1) is 0 Å². The van der Waals surface area contributed by atoms with E-state index in [1.807, 2.05) is 29.9 Å². The number of pyridine rings is 1. The average molecular weight is 520 g/mol. The van der Waals surface area contributed by atoms with Gasteiger partial charge in [-0.15, -0.1) is 0 Å². The summed E-state index contributed by atoms with van der Waals surface area (Å²) in [6.45, 7) is 2.95. The maximum Gasteiger partial charge on any atom is 0.273 e. The van der Waals surface area contributed by atoms with E-state index in [0.717, 1.165) is 58.9 Å². The number of aryl methyl sites for hydroxylation is 1. The highest BCUT2D eigenvalue weighted by atomic mass is 16.2. The molecule has 3 amide bonds. The van der Waals surface area contributed by atoms with Crippen LogP contribution in [0.1, 0.15) is 51.9 Å². The van der Waals surface area contributed by atoms with Gasteiger partial charge >= 0.3 is 0 Å². The zero-order valence-electron chi connectivity index (χ0n) is 21.9. The van der Waals surface area contributed by atoms with Crippen molar-refractivity contribution in [1.82, 2.24) is 24.5 Å². The molecule has 0 atom stereocenters. The number of imide groups is 1. The van der Waals surface area contributed by atoms with E-state index in [-0.39, 0.29) is 37.1 Å². The highest BCUT2D eigenvalue weighted by Crippen LogP contribution is 2.33. The van der Waals surface area contributed by atoms with E-state index in [4.69, 9.17) is 4.98 Å². The summed E-state index contributed by atoms with van der Waals surface area (Å²) >= 11 is 0. The number of carbonyl (C=O) groups is 3. The monoisotopic (exact) mass is 519 g/mol. The van der Waals surface area contributed by atoms with Gasteiger partial charge in [-0.1, -0.05) is 30.3 Å². The van der Waals surface area contributed by atoms with Crippen LogP contribution in [-0.4, -0.2) is 48.7 Å². The van der Waals surface area contributed by atoms with Crippen molar-refractivity contribution >= 4 is 28.8 Å². The molecule has 3 aliphatic heterocycles. The van der Waals surface area contributed by atoms with E-state index < -0.39 is 0 Å². The maximum atomic E-state index is 13.1. The van der Waals surface area contributed by atoms with Gasteiger partial charge in [0, 0.05) is 62.2 Å². The second-order valence-electron chi connectivity index (χ2n) is 10.7. The number of nitrogens with zero attached hydrogens (tertiary/aromatic N) is 5. The molecule has 39 heavy (non-hydrogen) atoms. The van der Waals surface area contributed by atoms with Crippen LogP contribution in [-0.2, 0) is 42.7 Å². The van der Waals surface area contributed by atoms with Crippen molar-refractivity contribution < 1.29 is 14.4 Å². The largest absolute Gasteiger partial charge is 0.336 e. The molecular weight excluding hydrogens is 490 g/mol. The number of fused-ring (bicyclic) bond motifs is 3. The summed E-state index contributed by atoms with van der Waals surface area (Å²) in [6, 6.07) is 18.7. The van der Waals surface area contributed by atoms with E-state index in [1.165, 1.54) is 21.7 Å². The average Bonchev–Trinajstić information content (AvgIpc) is 3.48. The zero-order valence-corrected chi connectivity index (χ0v) is 21.9. The number of hydrogen-bond donors (Lipinski definition) is 0. The molecule has 1 fully saturated rings. The minimum atomic E-state index is -0.312. The Hall–Kier alpha value is -4.30. The number of rotatable bonds is 4. The Morgan fingerprint density at radius 3 is 2.46 bits per heavy atom. The number of amides is 3. The number of piperidine rings is 1. The highest BCUT2D eigenvalue weighted by molar-refractivity contribution is 6.04. The lowest BCUT2D eigenvalue weighted by atomic mass is 9.98. The molecule has 3 aliphatic rings. The molecule has 2 aromatic heterocycles. The van der Waals surface area contributed by atoms with Gasteiger partial charge in [-0.25, -0.2) is 9.99 Å². The first kappa shape index (κ1) is 23.8. The van der Waals surface area contributed by atoms with E-state index in [0.29, 0.717) is 12.0 Å². The lowest BCUT2D eigenvalue weighted by Crippen LogP contribution is -2.51. The molecule has 8 nitrogen and oxygen atoms in total. The van der Waals surface area contributed by atoms with E-state index in [1.54, 1.807) is 6.07 Å². The fourth-order valence-corrected chi connectivity index (χ4v) is 6.15. The molecule has 1 saturated heterocycles. The lowest BCUT2D eigenvalue weighted by Gasteiger charge is -2.32. The molecule has 2 aromatic carbocycles. The van der Waals surface area contributed by atoms with Crippen molar-refractivity contribution in [2.75, 3.05) is 6.54 Å². The fourth-order valence-electron chi connectivity index (χ4n) is 6.15. The maximum absolute atomic E-state index is 13.1. The smallest absolute Gasteiger partial charge is 0.273 e. The molecule has 0 radical (unpaired) electrons. The second kappa shape index (κ2) is 9.17. The molecule has 0 spiro atoms. The molecule has 7 rings (SSSR count). The Morgan fingerprint density at radius 1 is 0.846 bits per heavy atom. The van der Waals surface area contributed by atoms with Crippen LogP contribution in [0.5, 0.6) is 0 Å². The predicted octanol–water partition coefficient (Wildman–Crippen LogP) is 4.21. The first-order valence-corrected chi connectivity index (χ1v) is 13.5. The Labute approximate surface area is 226 Å². The molecule has 0 aliphatic carbocycles. The van der Waals surface area contributed by atoms with Crippen molar-refractivity contribution in [2.24, 2.45) is 7.05 Å². The van der Waals surface area contributed by atoms with Crippen molar-refractivity contribution in [3.8, 4) is 11.3 Å². The SMILES string of the molecule is Cn1ccc2c(CN3CCc4ccccc4C3)cc(-c3ccc4c(c3)CN(N3C(=O)CCCC3=O)C4=O)nc21. The number of hydrogen-bond acceptors (Lipinski definition) is 5. The van der Waals surface area contributed by atoms with Crippen LogP contribution in [0.15, 0.2) is 60.8 Å². The number of carbonyl (C=O) groups excluding carboxylic acids is 3. The van der Waals surface area contributed by atoms with E-state index >= 15 is 0 Å². The third-order valence-electron chi connectivity index (χ3n) is 8.21. The highest BCUT2D eigenvalue weighted by Gasteiger charge is 2.39. The Bertz CT molecular complexity index is 1660. The van der Waals surface area contributed by atoms with Gasteiger partial charge in [-0.2, -0.15) is 5.01 Å². The van der Waals surface area contributed by atoms with E-state index in [9.17, 15) is 14.4 Å². The van der Waals surface area contributed by atoms with Gasteiger partial charge in [0.25, 0.3) is 5.91 Å². The van der Waals surface area contributed by atoms with Crippen LogP contribution in [0.2, 0.25) is 0 Å². The molecule has 4 aromatic rings. The van der Waals surface area contributed by atoms with Crippen molar-refractivity contribution in [3.05, 3.63) is 88.6 Å². The summed E-state index contributed by atoms with van der Waals surface area (Å²) < 4.78 is 2.04. The molecule has 0 bridgehead atoms. The molecule has 0 saturated carbocycles. The van der Waals surface area contributed by atoms with Crippen LogP contribution >= 0.6 is 0 Å². The third-order valence-corrected chi connectivity index (χ3v) is 8.21.